The summed E-state index contributed by atoms with van der Waals surface area (Å²) in [6, 6.07) is 11.9. The minimum atomic E-state index is -0.215. The molecule has 2 aromatic heterocycles. The molecule has 0 radical (unpaired) electrons. The summed E-state index contributed by atoms with van der Waals surface area (Å²) in [6.45, 7) is 0. The van der Waals surface area contributed by atoms with Crippen LogP contribution < -0.4 is 10.1 Å². The van der Waals surface area contributed by atoms with Crippen molar-refractivity contribution in [3.05, 3.63) is 62.9 Å². The molecule has 0 bridgehead atoms. The third kappa shape index (κ3) is 1.85. The molecular formula is C16H10N2O3S. The number of fused-ring (bicyclic) bond motifs is 3. The number of hydrogen-bond acceptors (Lipinski definition) is 5. The Bertz CT molecular complexity index is 1130. The van der Waals surface area contributed by atoms with Gasteiger partial charge in [0.25, 0.3) is 5.56 Å². The molecule has 0 aliphatic heterocycles. The Hall–Kier alpha value is -2.86. The molecule has 2 N–H and O–H groups in total. The molecule has 0 aliphatic rings. The van der Waals surface area contributed by atoms with Crippen molar-refractivity contribution in [3.63, 3.8) is 0 Å². The Balaban J connectivity index is 1.99. The van der Waals surface area contributed by atoms with Gasteiger partial charge in [0, 0.05) is 0 Å². The van der Waals surface area contributed by atoms with E-state index in [1.54, 1.807) is 16.5 Å². The number of imidazole rings is 1. The molecule has 0 fully saturated rings. The normalized spacial score (nSPS) is 12.5. The van der Waals surface area contributed by atoms with E-state index >= 15 is 0 Å². The Morgan fingerprint density at radius 2 is 1.91 bits per heavy atom. The highest BCUT2D eigenvalue weighted by Gasteiger charge is 2.10. The number of para-hydroxylation sites is 2. The van der Waals surface area contributed by atoms with Gasteiger partial charge in [-0.15, -0.1) is 0 Å². The van der Waals surface area contributed by atoms with Crippen molar-refractivity contribution in [2.75, 3.05) is 0 Å². The van der Waals surface area contributed by atoms with E-state index in [-0.39, 0.29) is 17.1 Å². The molecule has 0 aliphatic carbocycles. The predicted molar refractivity (Wildman–Crippen MR) is 85.4 cm³/mol. The van der Waals surface area contributed by atoms with Gasteiger partial charge in [0.2, 0.25) is 0 Å². The van der Waals surface area contributed by atoms with Gasteiger partial charge in [-0.3, -0.25) is 4.79 Å². The highest BCUT2D eigenvalue weighted by atomic mass is 32.1. The second-order valence-electron chi connectivity index (χ2n) is 4.88. The lowest BCUT2D eigenvalue weighted by Gasteiger charge is -1.97. The van der Waals surface area contributed by atoms with Crippen LogP contribution in [0.3, 0.4) is 0 Å². The van der Waals surface area contributed by atoms with Crippen LogP contribution in [0.15, 0.2) is 47.3 Å². The van der Waals surface area contributed by atoms with E-state index < -0.39 is 0 Å². The number of hydrogen-bond donors (Lipinski definition) is 2. The van der Waals surface area contributed by atoms with Crippen molar-refractivity contribution in [2.24, 2.45) is 0 Å². The minimum absolute atomic E-state index is 0.138. The summed E-state index contributed by atoms with van der Waals surface area (Å²) >= 11 is 1.29. The summed E-state index contributed by atoms with van der Waals surface area (Å²) in [7, 11) is 0. The summed E-state index contributed by atoms with van der Waals surface area (Å²) < 4.78 is 2.12. The molecule has 0 saturated carbocycles. The SMILES string of the molecule is O=c1c(=Cc2ccc(O)c(O)c2)sc2nc3ccccc3n12. The number of aromatic nitrogens is 2. The molecule has 4 rings (SSSR count). The van der Waals surface area contributed by atoms with Crippen LogP contribution >= 0.6 is 11.3 Å². The topological polar surface area (TPSA) is 74.8 Å². The van der Waals surface area contributed by atoms with Crippen molar-refractivity contribution in [2.45, 2.75) is 0 Å². The van der Waals surface area contributed by atoms with E-state index in [2.05, 4.69) is 4.98 Å². The van der Waals surface area contributed by atoms with Crippen LogP contribution in [0.1, 0.15) is 5.56 Å². The third-order valence-electron chi connectivity index (χ3n) is 3.44. The van der Waals surface area contributed by atoms with Crippen molar-refractivity contribution in [3.8, 4) is 11.5 Å². The van der Waals surface area contributed by atoms with Crippen LogP contribution in [-0.4, -0.2) is 19.6 Å². The van der Waals surface area contributed by atoms with Crippen LogP contribution in [0.2, 0.25) is 0 Å². The van der Waals surface area contributed by atoms with Crippen LogP contribution in [0.4, 0.5) is 0 Å². The average Bonchev–Trinajstić information content (AvgIpc) is 3.00. The molecule has 0 spiro atoms. The maximum Gasteiger partial charge on any atom is 0.274 e. The molecule has 0 atom stereocenters. The van der Waals surface area contributed by atoms with E-state index in [1.165, 1.54) is 23.5 Å². The van der Waals surface area contributed by atoms with E-state index in [0.29, 0.717) is 15.1 Å². The molecule has 0 unspecified atom stereocenters. The first-order chi connectivity index (χ1) is 10.6. The Kier molecular flexibility index (Phi) is 2.67. The van der Waals surface area contributed by atoms with Crippen molar-refractivity contribution >= 4 is 33.4 Å². The fraction of sp³-hybridized carbons (Fsp3) is 0. The van der Waals surface area contributed by atoms with Crippen LogP contribution in [0.5, 0.6) is 11.5 Å². The van der Waals surface area contributed by atoms with Crippen molar-refractivity contribution in [1.82, 2.24) is 9.38 Å². The van der Waals surface area contributed by atoms with Gasteiger partial charge in [-0.2, -0.15) is 0 Å². The van der Waals surface area contributed by atoms with Crippen molar-refractivity contribution in [1.29, 1.82) is 0 Å². The number of thiazole rings is 1. The molecular weight excluding hydrogens is 300 g/mol. The fourth-order valence-electron chi connectivity index (χ4n) is 2.39. The van der Waals surface area contributed by atoms with E-state index in [1.807, 2.05) is 24.3 Å². The highest BCUT2D eigenvalue weighted by Crippen LogP contribution is 2.25. The van der Waals surface area contributed by atoms with Gasteiger partial charge in [-0.25, -0.2) is 9.38 Å². The van der Waals surface area contributed by atoms with Gasteiger partial charge < -0.3 is 10.2 Å². The summed E-state index contributed by atoms with van der Waals surface area (Å²) in [5.41, 5.74) is 2.08. The molecule has 0 saturated heterocycles. The zero-order valence-electron chi connectivity index (χ0n) is 11.2. The van der Waals surface area contributed by atoms with E-state index in [4.69, 9.17) is 0 Å². The number of phenols is 2. The van der Waals surface area contributed by atoms with Gasteiger partial charge in [-0.05, 0) is 35.9 Å². The fourth-order valence-corrected chi connectivity index (χ4v) is 3.38. The molecule has 108 valence electrons. The average molecular weight is 310 g/mol. The van der Waals surface area contributed by atoms with Gasteiger partial charge in [-0.1, -0.05) is 29.5 Å². The Morgan fingerprint density at radius 3 is 2.73 bits per heavy atom. The lowest BCUT2D eigenvalue weighted by Crippen LogP contribution is -2.22. The lowest BCUT2D eigenvalue weighted by molar-refractivity contribution is 0.403. The third-order valence-corrected chi connectivity index (χ3v) is 4.41. The Morgan fingerprint density at radius 1 is 1.09 bits per heavy atom. The quantitative estimate of drug-likeness (QED) is 0.526. The molecule has 5 nitrogen and oxygen atoms in total. The van der Waals surface area contributed by atoms with Crippen molar-refractivity contribution < 1.29 is 10.2 Å². The summed E-state index contributed by atoms with van der Waals surface area (Å²) in [4.78, 5) is 17.6. The van der Waals surface area contributed by atoms with Gasteiger partial charge in [0.15, 0.2) is 16.5 Å². The first-order valence-electron chi connectivity index (χ1n) is 6.57. The second-order valence-corrected chi connectivity index (χ2v) is 5.89. The Labute approximate surface area is 128 Å². The molecule has 4 aromatic rings. The molecule has 2 aromatic carbocycles. The first-order valence-corrected chi connectivity index (χ1v) is 7.39. The van der Waals surface area contributed by atoms with E-state index in [9.17, 15) is 15.0 Å². The summed E-state index contributed by atoms with van der Waals surface area (Å²) in [5.74, 6) is -0.403. The second kappa shape index (κ2) is 4.57. The van der Waals surface area contributed by atoms with Gasteiger partial charge in [0.05, 0.1) is 15.6 Å². The number of benzene rings is 2. The van der Waals surface area contributed by atoms with Crippen LogP contribution in [0, 0.1) is 0 Å². The van der Waals surface area contributed by atoms with E-state index in [0.717, 1.165) is 11.0 Å². The molecule has 2 heterocycles. The monoisotopic (exact) mass is 310 g/mol. The van der Waals surface area contributed by atoms with Gasteiger partial charge >= 0.3 is 0 Å². The van der Waals surface area contributed by atoms with Crippen LogP contribution in [-0.2, 0) is 0 Å². The maximum atomic E-state index is 12.6. The zero-order valence-corrected chi connectivity index (χ0v) is 12.0. The molecule has 22 heavy (non-hydrogen) atoms. The lowest BCUT2D eigenvalue weighted by atomic mass is 10.2. The minimum Gasteiger partial charge on any atom is -0.504 e. The zero-order chi connectivity index (χ0) is 15.3. The van der Waals surface area contributed by atoms with Crippen LogP contribution in [0.25, 0.3) is 22.1 Å². The van der Waals surface area contributed by atoms with Gasteiger partial charge in [0.1, 0.15) is 0 Å². The molecule has 6 heteroatoms. The highest BCUT2D eigenvalue weighted by molar-refractivity contribution is 7.15. The number of aromatic hydroxyl groups is 2. The first kappa shape index (κ1) is 12.8. The largest absolute Gasteiger partial charge is 0.504 e. The maximum absolute atomic E-state index is 12.6. The summed E-state index contributed by atoms with van der Waals surface area (Å²) in [6.07, 6.45) is 1.68. The molecule has 0 amide bonds. The smallest absolute Gasteiger partial charge is 0.274 e. The summed E-state index contributed by atoms with van der Waals surface area (Å²) in [5, 5.41) is 18.9. The standard InChI is InChI=1S/C16H10N2O3S/c19-12-6-5-9(7-13(12)20)8-14-15(21)18-11-4-2-1-3-10(11)17-16(18)22-14/h1-8,19-20H. The number of nitrogens with zero attached hydrogens (tertiary/aromatic N) is 2. The number of rotatable bonds is 1. The predicted octanol–water partition coefficient (Wildman–Crippen LogP) is 1.87. The number of phenolic OH excluding ortho intramolecular Hbond substituents is 2.